The number of nitrogens with one attached hydrogen (secondary N) is 2. The molecule has 3 N–H and O–H groups in total. The number of aliphatic hydroxyl groups excluding tert-OH is 1. The monoisotopic (exact) mass is 242 g/mol. The van der Waals surface area contributed by atoms with Crippen LogP contribution in [0.25, 0.3) is 0 Å². The molecule has 0 fully saturated rings. The Morgan fingerprint density at radius 1 is 1.44 bits per heavy atom. The predicted molar refractivity (Wildman–Crippen MR) is 65.7 cm³/mol. The van der Waals surface area contributed by atoms with Gasteiger partial charge in [0.2, 0.25) is 0 Å². The second kappa shape index (κ2) is 6.40. The summed E-state index contributed by atoms with van der Waals surface area (Å²) in [5.41, 5.74) is 1.88. The Hall–Kier alpha value is -1.20. The highest BCUT2D eigenvalue weighted by Crippen LogP contribution is 2.09. The third-order valence-electron chi connectivity index (χ3n) is 2.14. The van der Waals surface area contributed by atoms with Crippen molar-refractivity contribution < 1.29 is 9.50 Å². The predicted octanol–water partition coefficient (Wildman–Crippen LogP) is 1.09. The molecule has 1 aromatic rings. The molecule has 0 bridgehead atoms. The molecule has 0 radical (unpaired) electrons. The van der Waals surface area contributed by atoms with Gasteiger partial charge in [-0.05, 0) is 42.4 Å². The van der Waals surface area contributed by atoms with Crippen molar-refractivity contribution in [1.82, 2.24) is 10.6 Å². The van der Waals surface area contributed by atoms with Crippen LogP contribution in [0.15, 0.2) is 18.2 Å². The topological polar surface area (TPSA) is 44.3 Å². The highest BCUT2D eigenvalue weighted by atomic mass is 32.1. The van der Waals surface area contributed by atoms with Gasteiger partial charge in [0.25, 0.3) is 0 Å². The molecular formula is C11H15FN2OS. The molecule has 0 unspecified atom stereocenters. The molecule has 0 aromatic heterocycles. The van der Waals surface area contributed by atoms with Gasteiger partial charge in [-0.1, -0.05) is 6.07 Å². The van der Waals surface area contributed by atoms with Crippen molar-refractivity contribution in [3.63, 3.8) is 0 Å². The molecule has 0 amide bonds. The summed E-state index contributed by atoms with van der Waals surface area (Å²) in [5.74, 6) is -0.234. The fourth-order valence-electron chi connectivity index (χ4n) is 1.27. The zero-order valence-electron chi connectivity index (χ0n) is 9.09. The van der Waals surface area contributed by atoms with Crippen LogP contribution in [0.2, 0.25) is 0 Å². The lowest BCUT2D eigenvalue weighted by molar-refractivity contribution is 0.300. The Morgan fingerprint density at radius 3 is 2.81 bits per heavy atom. The van der Waals surface area contributed by atoms with Crippen LogP contribution >= 0.6 is 12.2 Å². The number of halogens is 1. The number of benzene rings is 1. The molecule has 88 valence electrons. The molecule has 0 aliphatic rings. The SMILES string of the molecule is Cc1cc(F)ccc1CNC(=S)NCCO. The van der Waals surface area contributed by atoms with Gasteiger partial charge in [0.05, 0.1) is 6.61 Å². The Morgan fingerprint density at radius 2 is 2.19 bits per heavy atom. The summed E-state index contributed by atoms with van der Waals surface area (Å²) in [6.45, 7) is 2.86. The molecule has 3 nitrogen and oxygen atoms in total. The van der Waals surface area contributed by atoms with Crippen molar-refractivity contribution >= 4 is 17.3 Å². The van der Waals surface area contributed by atoms with Gasteiger partial charge >= 0.3 is 0 Å². The average Bonchev–Trinajstić information content (AvgIpc) is 2.25. The molecule has 16 heavy (non-hydrogen) atoms. The van der Waals surface area contributed by atoms with Crippen molar-refractivity contribution in [1.29, 1.82) is 0 Å². The third-order valence-corrected chi connectivity index (χ3v) is 2.43. The van der Waals surface area contributed by atoms with Crippen molar-refractivity contribution in [2.24, 2.45) is 0 Å². The van der Waals surface area contributed by atoms with Crippen LogP contribution in [0.5, 0.6) is 0 Å². The number of thiocarbonyl (C=S) groups is 1. The molecule has 0 heterocycles. The van der Waals surface area contributed by atoms with E-state index in [1.54, 1.807) is 6.07 Å². The van der Waals surface area contributed by atoms with Crippen LogP contribution in [0.3, 0.4) is 0 Å². The lowest BCUT2D eigenvalue weighted by atomic mass is 10.1. The molecular weight excluding hydrogens is 227 g/mol. The van der Waals surface area contributed by atoms with E-state index >= 15 is 0 Å². The van der Waals surface area contributed by atoms with Gasteiger partial charge in [0.1, 0.15) is 5.82 Å². The second-order valence-electron chi connectivity index (χ2n) is 3.40. The van der Waals surface area contributed by atoms with Gasteiger partial charge in [-0.25, -0.2) is 4.39 Å². The molecule has 0 aliphatic heterocycles. The van der Waals surface area contributed by atoms with Crippen molar-refractivity contribution in [3.05, 3.63) is 35.1 Å². The first kappa shape index (κ1) is 12.9. The first-order valence-corrected chi connectivity index (χ1v) is 5.42. The quantitative estimate of drug-likeness (QED) is 0.692. The molecule has 0 aliphatic carbocycles. The average molecular weight is 242 g/mol. The van der Waals surface area contributed by atoms with Gasteiger partial charge in [-0.3, -0.25) is 0 Å². The zero-order valence-corrected chi connectivity index (χ0v) is 9.90. The smallest absolute Gasteiger partial charge is 0.166 e. The van der Waals surface area contributed by atoms with Gasteiger partial charge < -0.3 is 15.7 Å². The summed E-state index contributed by atoms with van der Waals surface area (Å²) >= 11 is 4.98. The lowest BCUT2D eigenvalue weighted by Gasteiger charge is -2.11. The van der Waals surface area contributed by atoms with E-state index in [0.717, 1.165) is 11.1 Å². The first-order chi connectivity index (χ1) is 7.63. The van der Waals surface area contributed by atoms with Crippen LogP contribution in [0.1, 0.15) is 11.1 Å². The van der Waals surface area contributed by atoms with Crippen molar-refractivity contribution in [2.75, 3.05) is 13.2 Å². The number of aliphatic hydroxyl groups is 1. The third kappa shape index (κ3) is 4.12. The minimum Gasteiger partial charge on any atom is -0.395 e. The van der Waals surface area contributed by atoms with Crippen LogP contribution in [0.4, 0.5) is 4.39 Å². The molecule has 0 saturated carbocycles. The fourth-order valence-corrected chi connectivity index (χ4v) is 1.44. The van der Waals surface area contributed by atoms with Crippen LogP contribution in [-0.2, 0) is 6.54 Å². The van der Waals surface area contributed by atoms with Crippen LogP contribution in [-0.4, -0.2) is 23.4 Å². The van der Waals surface area contributed by atoms with E-state index in [-0.39, 0.29) is 12.4 Å². The Bertz CT molecular complexity index is 371. The summed E-state index contributed by atoms with van der Waals surface area (Å²) in [6, 6.07) is 4.64. The minimum absolute atomic E-state index is 0.0391. The maximum absolute atomic E-state index is 12.8. The summed E-state index contributed by atoms with van der Waals surface area (Å²) in [4.78, 5) is 0. The van der Waals surface area contributed by atoms with E-state index < -0.39 is 0 Å². The number of aryl methyl sites for hydroxylation is 1. The van der Waals surface area contributed by atoms with Crippen LogP contribution < -0.4 is 10.6 Å². The van der Waals surface area contributed by atoms with E-state index in [9.17, 15) is 4.39 Å². The van der Waals surface area contributed by atoms with E-state index in [4.69, 9.17) is 17.3 Å². The minimum atomic E-state index is -0.234. The van der Waals surface area contributed by atoms with Gasteiger partial charge in [-0.2, -0.15) is 0 Å². The Labute approximate surface area is 99.7 Å². The van der Waals surface area contributed by atoms with Gasteiger partial charge in [0, 0.05) is 13.1 Å². The summed E-state index contributed by atoms with van der Waals surface area (Å²) in [6.07, 6.45) is 0. The zero-order chi connectivity index (χ0) is 12.0. The largest absolute Gasteiger partial charge is 0.395 e. The Kier molecular flexibility index (Phi) is 5.14. The Balaban J connectivity index is 2.45. The number of rotatable bonds is 4. The lowest BCUT2D eigenvalue weighted by Crippen LogP contribution is -2.36. The molecule has 1 rings (SSSR count). The molecule has 5 heteroatoms. The molecule has 0 saturated heterocycles. The highest BCUT2D eigenvalue weighted by Gasteiger charge is 2.00. The molecule has 0 spiro atoms. The normalized spacial score (nSPS) is 9.94. The van der Waals surface area contributed by atoms with E-state index in [0.29, 0.717) is 18.2 Å². The summed E-state index contributed by atoms with van der Waals surface area (Å²) in [7, 11) is 0. The number of hydrogen-bond acceptors (Lipinski definition) is 2. The highest BCUT2D eigenvalue weighted by molar-refractivity contribution is 7.80. The van der Waals surface area contributed by atoms with Gasteiger partial charge in [0.15, 0.2) is 5.11 Å². The molecule has 1 aromatic carbocycles. The van der Waals surface area contributed by atoms with Crippen molar-refractivity contribution in [3.8, 4) is 0 Å². The standard InChI is InChI=1S/C11H15FN2OS/c1-8-6-10(12)3-2-9(8)7-14-11(16)13-4-5-15/h2-3,6,15H,4-5,7H2,1H3,(H2,13,14,16). The summed E-state index contributed by atoms with van der Waals surface area (Å²) in [5, 5.41) is 14.9. The first-order valence-electron chi connectivity index (χ1n) is 5.01. The van der Waals surface area contributed by atoms with Crippen LogP contribution in [0, 0.1) is 12.7 Å². The summed E-state index contributed by atoms with van der Waals surface area (Å²) < 4.78 is 12.8. The second-order valence-corrected chi connectivity index (χ2v) is 3.81. The van der Waals surface area contributed by atoms with E-state index in [1.807, 2.05) is 6.92 Å². The number of hydrogen-bond donors (Lipinski definition) is 3. The molecule has 0 atom stereocenters. The maximum Gasteiger partial charge on any atom is 0.166 e. The van der Waals surface area contributed by atoms with Gasteiger partial charge in [-0.15, -0.1) is 0 Å². The van der Waals surface area contributed by atoms with E-state index in [2.05, 4.69) is 10.6 Å². The van der Waals surface area contributed by atoms with E-state index in [1.165, 1.54) is 12.1 Å². The van der Waals surface area contributed by atoms with Crippen molar-refractivity contribution in [2.45, 2.75) is 13.5 Å². The fraction of sp³-hybridized carbons (Fsp3) is 0.364. The maximum atomic E-state index is 12.8.